The largest absolute Gasteiger partial charge is 0.276 e. The summed E-state index contributed by atoms with van der Waals surface area (Å²) in [6.07, 6.45) is 0. The van der Waals surface area contributed by atoms with Crippen molar-refractivity contribution in [3.8, 4) is 0 Å². The maximum atomic E-state index is 10.2. The Hall–Kier alpha value is -2.76. The van der Waals surface area contributed by atoms with Crippen molar-refractivity contribution >= 4 is 11.4 Å². The smallest absolute Gasteiger partial charge is 0.258 e. The van der Waals surface area contributed by atoms with Crippen LogP contribution in [-0.4, -0.2) is 9.85 Å². The SMILES string of the molecule is Cc1ccccc1.O=[N+]([O-])c1cccc([N+](=O)[O-])c1. The molecule has 0 aromatic heterocycles. The number of rotatable bonds is 2. The summed E-state index contributed by atoms with van der Waals surface area (Å²) in [6.45, 7) is 2.08. The first-order valence-corrected chi connectivity index (χ1v) is 5.41. The molecule has 6 nitrogen and oxygen atoms in total. The fourth-order valence-electron chi connectivity index (χ4n) is 1.25. The second kappa shape index (κ2) is 6.85. The molecule has 0 amide bonds. The lowest BCUT2D eigenvalue weighted by Gasteiger charge is -1.90. The Balaban J connectivity index is 0.000000218. The summed E-state index contributed by atoms with van der Waals surface area (Å²) >= 11 is 0. The Labute approximate surface area is 109 Å². The molecule has 0 aliphatic heterocycles. The van der Waals surface area contributed by atoms with E-state index in [4.69, 9.17) is 0 Å². The molecular weight excluding hydrogens is 248 g/mol. The van der Waals surface area contributed by atoms with Crippen LogP contribution in [0.15, 0.2) is 54.6 Å². The predicted molar refractivity (Wildman–Crippen MR) is 70.9 cm³/mol. The van der Waals surface area contributed by atoms with Gasteiger partial charge in [-0.2, -0.15) is 0 Å². The van der Waals surface area contributed by atoms with Crippen LogP contribution in [0.25, 0.3) is 0 Å². The molecule has 2 rings (SSSR count). The Morgan fingerprint density at radius 1 is 0.789 bits per heavy atom. The first-order valence-electron chi connectivity index (χ1n) is 5.41. The highest BCUT2D eigenvalue weighted by atomic mass is 16.6. The standard InChI is InChI=1S/C7H8.C6H4N2O4/c1-7-5-3-2-4-6-7;9-7(10)5-2-1-3-6(4-5)8(11)12/h2-6H,1H3;1-4H. The second-order valence-electron chi connectivity index (χ2n) is 3.69. The lowest BCUT2D eigenvalue weighted by atomic mass is 10.2. The number of nitro groups is 2. The average Bonchev–Trinajstić information content (AvgIpc) is 2.40. The van der Waals surface area contributed by atoms with Gasteiger partial charge < -0.3 is 0 Å². The third kappa shape index (κ3) is 4.95. The molecule has 0 spiro atoms. The van der Waals surface area contributed by atoms with Crippen LogP contribution in [0.2, 0.25) is 0 Å². The van der Waals surface area contributed by atoms with E-state index in [1.807, 2.05) is 18.2 Å². The molecule has 6 heteroatoms. The van der Waals surface area contributed by atoms with Crippen molar-refractivity contribution in [2.75, 3.05) is 0 Å². The van der Waals surface area contributed by atoms with Crippen LogP contribution in [0.1, 0.15) is 5.56 Å². The molecule has 0 radical (unpaired) electrons. The summed E-state index contributed by atoms with van der Waals surface area (Å²) in [6, 6.07) is 14.9. The van der Waals surface area contributed by atoms with E-state index < -0.39 is 9.85 Å². The number of benzene rings is 2. The van der Waals surface area contributed by atoms with Crippen LogP contribution >= 0.6 is 0 Å². The van der Waals surface area contributed by atoms with E-state index in [0.717, 1.165) is 6.07 Å². The van der Waals surface area contributed by atoms with E-state index in [-0.39, 0.29) is 11.4 Å². The van der Waals surface area contributed by atoms with Crippen molar-refractivity contribution in [2.45, 2.75) is 6.92 Å². The minimum atomic E-state index is -0.674. The summed E-state index contributed by atoms with van der Waals surface area (Å²) < 4.78 is 0. The van der Waals surface area contributed by atoms with Crippen molar-refractivity contribution < 1.29 is 9.85 Å². The molecule has 0 bridgehead atoms. The summed E-state index contributed by atoms with van der Waals surface area (Å²) in [4.78, 5) is 19.0. The Morgan fingerprint density at radius 2 is 1.26 bits per heavy atom. The van der Waals surface area contributed by atoms with Gasteiger partial charge in [-0.05, 0) is 13.0 Å². The predicted octanol–water partition coefficient (Wildman–Crippen LogP) is 3.50. The van der Waals surface area contributed by atoms with Crippen LogP contribution in [-0.2, 0) is 0 Å². The molecular formula is C13H12N2O4. The minimum Gasteiger partial charge on any atom is -0.258 e. The molecule has 98 valence electrons. The summed E-state index contributed by atoms with van der Waals surface area (Å²) in [5.41, 5.74) is 0.774. The topological polar surface area (TPSA) is 86.3 Å². The highest BCUT2D eigenvalue weighted by Gasteiger charge is 2.11. The highest BCUT2D eigenvalue weighted by molar-refractivity contribution is 5.42. The third-order valence-corrected chi connectivity index (χ3v) is 2.19. The summed E-state index contributed by atoms with van der Waals surface area (Å²) in [5.74, 6) is 0. The van der Waals surface area contributed by atoms with Crippen LogP contribution in [0.4, 0.5) is 11.4 Å². The molecule has 0 saturated carbocycles. The van der Waals surface area contributed by atoms with Crippen LogP contribution in [0, 0.1) is 27.2 Å². The van der Waals surface area contributed by atoms with E-state index in [1.54, 1.807) is 0 Å². The first-order chi connectivity index (χ1) is 9.00. The van der Waals surface area contributed by atoms with Gasteiger partial charge in [0.1, 0.15) is 0 Å². The van der Waals surface area contributed by atoms with Crippen LogP contribution in [0.3, 0.4) is 0 Å². The van der Waals surface area contributed by atoms with E-state index in [9.17, 15) is 20.2 Å². The number of non-ortho nitro benzene ring substituents is 2. The molecule has 0 N–H and O–H groups in total. The Kier molecular flexibility index (Phi) is 5.16. The third-order valence-electron chi connectivity index (χ3n) is 2.19. The Morgan fingerprint density at radius 3 is 1.58 bits per heavy atom. The summed E-state index contributed by atoms with van der Waals surface area (Å²) in [5, 5.41) is 20.3. The van der Waals surface area contributed by atoms with Gasteiger partial charge in [-0.25, -0.2) is 0 Å². The lowest BCUT2D eigenvalue weighted by Crippen LogP contribution is -1.91. The molecule has 2 aromatic carbocycles. The number of hydrogen-bond donors (Lipinski definition) is 0. The molecule has 0 fully saturated rings. The van der Waals surface area contributed by atoms with E-state index in [2.05, 4.69) is 19.1 Å². The molecule has 0 atom stereocenters. The van der Waals surface area contributed by atoms with E-state index in [1.165, 1.54) is 23.8 Å². The Bertz CT molecular complexity index is 541. The quantitative estimate of drug-likeness (QED) is 0.610. The zero-order valence-corrected chi connectivity index (χ0v) is 10.2. The average molecular weight is 260 g/mol. The molecule has 0 aliphatic rings. The van der Waals surface area contributed by atoms with E-state index >= 15 is 0 Å². The van der Waals surface area contributed by atoms with Gasteiger partial charge in [-0.3, -0.25) is 20.2 Å². The van der Waals surface area contributed by atoms with Gasteiger partial charge >= 0.3 is 0 Å². The van der Waals surface area contributed by atoms with Crippen LogP contribution in [0.5, 0.6) is 0 Å². The van der Waals surface area contributed by atoms with Crippen LogP contribution < -0.4 is 0 Å². The molecule has 0 saturated heterocycles. The summed E-state index contributed by atoms with van der Waals surface area (Å²) in [7, 11) is 0. The van der Waals surface area contributed by atoms with Gasteiger partial charge in [0.25, 0.3) is 11.4 Å². The first kappa shape index (κ1) is 14.3. The normalized spacial score (nSPS) is 9.11. The van der Waals surface area contributed by atoms with Gasteiger partial charge in [0.2, 0.25) is 0 Å². The lowest BCUT2D eigenvalue weighted by molar-refractivity contribution is -0.394. The second-order valence-corrected chi connectivity index (χ2v) is 3.69. The van der Waals surface area contributed by atoms with Gasteiger partial charge in [0, 0.05) is 12.1 Å². The van der Waals surface area contributed by atoms with Gasteiger partial charge in [-0.1, -0.05) is 35.9 Å². The fourth-order valence-corrected chi connectivity index (χ4v) is 1.25. The highest BCUT2D eigenvalue weighted by Crippen LogP contribution is 2.18. The van der Waals surface area contributed by atoms with Crippen molar-refractivity contribution in [2.24, 2.45) is 0 Å². The van der Waals surface area contributed by atoms with Crippen molar-refractivity contribution in [3.63, 3.8) is 0 Å². The van der Waals surface area contributed by atoms with Gasteiger partial charge in [0.05, 0.1) is 15.9 Å². The van der Waals surface area contributed by atoms with Crippen molar-refractivity contribution in [1.29, 1.82) is 0 Å². The maximum absolute atomic E-state index is 10.2. The fraction of sp³-hybridized carbons (Fsp3) is 0.0769. The minimum absolute atomic E-state index is 0.274. The molecule has 2 aromatic rings. The molecule has 0 unspecified atom stereocenters. The van der Waals surface area contributed by atoms with Crippen molar-refractivity contribution in [1.82, 2.24) is 0 Å². The molecule has 0 aliphatic carbocycles. The maximum Gasteiger partial charge on any atom is 0.276 e. The van der Waals surface area contributed by atoms with E-state index in [0.29, 0.717) is 0 Å². The number of nitro benzene ring substituents is 2. The van der Waals surface area contributed by atoms with Gasteiger partial charge in [0.15, 0.2) is 0 Å². The number of hydrogen-bond acceptors (Lipinski definition) is 4. The molecule has 0 heterocycles. The van der Waals surface area contributed by atoms with Crippen molar-refractivity contribution in [3.05, 3.63) is 80.4 Å². The zero-order valence-electron chi connectivity index (χ0n) is 10.2. The number of aryl methyl sites for hydroxylation is 1. The monoisotopic (exact) mass is 260 g/mol. The zero-order chi connectivity index (χ0) is 14.3. The number of nitrogens with zero attached hydrogens (tertiary/aromatic N) is 2. The van der Waals surface area contributed by atoms with Gasteiger partial charge in [-0.15, -0.1) is 0 Å². The molecule has 19 heavy (non-hydrogen) atoms.